The number of methoxy groups -OCH3 is 1. The number of carbonyl (C=O) groups is 2. The summed E-state index contributed by atoms with van der Waals surface area (Å²) >= 11 is 0. The monoisotopic (exact) mass is 566 g/mol. The van der Waals surface area contributed by atoms with Gasteiger partial charge in [0, 0.05) is 29.7 Å². The van der Waals surface area contributed by atoms with Crippen LogP contribution >= 0.6 is 0 Å². The quantitative estimate of drug-likeness (QED) is 0.330. The van der Waals surface area contributed by atoms with E-state index in [1.54, 1.807) is 24.4 Å². The van der Waals surface area contributed by atoms with Gasteiger partial charge in [-0.15, -0.1) is 0 Å². The van der Waals surface area contributed by atoms with Crippen LogP contribution in [0, 0.1) is 12.3 Å². The molecule has 0 radical (unpaired) electrons. The van der Waals surface area contributed by atoms with E-state index in [2.05, 4.69) is 4.90 Å². The summed E-state index contributed by atoms with van der Waals surface area (Å²) in [6.07, 6.45) is 1.81. The Bertz CT molecular complexity index is 1520. The number of fused-ring (bicyclic) bond motifs is 1. The van der Waals surface area contributed by atoms with E-state index >= 15 is 0 Å². The molecule has 1 saturated heterocycles. The summed E-state index contributed by atoms with van der Waals surface area (Å²) in [6.45, 7) is 8.31. The van der Waals surface area contributed by atoms with Crippen molar-refractivity contribution in [2.45, 2.75) is 71.6 Å². The largest absolute Gasteiger partial charge is 0.508 e. The minimum Gasteiger partial charge on any atom is -0.508 e. The molecule has 2 aliphatic rings. The fourth-order valence-electron chi connectivity index (χ4n) is 6.37. The number of esters is 1. The third-order valence-electron chi connectivity index (χ3n) is 8.36. The maximum atomic E-state index is 13.3. The summed E-state index contributed by atoms with van der Waals surface area (Å²) in [5.41, 5.74) is 2.86. The molecule has 1 saturated carbocycles. The number of benzene rings is 2. The number of phenols is 1. The maximum absolute atomic E-state index is 13.3. The van der Waals surface area contributed by atoms with Gasteiger partial charge in [0.05, 0.1) is 18.2 Å². The molecule has 1 atom stereocenters. The summed E-state index contributed by atoms with van der Waals surface area (Å²) in [6, 6.07) is 10.6. The predicted octanol–water partition coefficient (Wildman–Crippen LogP) is 7.49. The molecule has 0 bridgehead atoms. The predicted molar refractivity (Wildman–Crippen MR) is 151 cm³/mol. The number of hydrogen-bond acceptors (Lipinski definition) is 6. The molecule has 41 heavy (non-hydrogen) atoms. The molecule has 0 unspecified atom stereocenters. The van der Waals surface area contributed by atoms with E-state index in [-0.39, 0.29) is 22.8 Å². The van der Waals surface area contributed by atoms with Gasteiger partial charge in [0.25, 0.3) is 6.08 Å². The van der Waals surface area contributed by atoms with Gasteiger partial charge in [0.2, 0.25) is 0 Å². The van der Waals surface area contributed by atoms with E-state index in [4.69, 9.17) is 9.47 Å². The first-order valence-electron chi connectivity index (χ1n) is 13.8. The van der Waals surface area contributed by atoms with Gasteiger partial charge in [0.1, 0.15) is 11.4 Å². The number of carbonyl (C=O) groups excluding carboxylic acids is 2. The van der Waals surface area contributed by atoms with Crippen molar-refractivity contribution in [1.29, 1.82) is 0 Å². The van der Waals surface area contributed by atoms with Crippen molar-refractivity contribution in [3.8, 4) is 5.75 Å². The Morgan fingerprint density at radius 1 is 1.12 bits per heavy atom. The molecule has 1 aliphatic heterocycles. The normalized spacial score (nSPS) is 21.1. The third kappa shape index (κ3) is 5.60. The van der Waals surface area contributed by atoms with Gasteiger partial charge in [-0.25, -0.2) is 9.59 Å². The molecule has 9 heteroatoms. The van der Waals surface area contributed by atoms with Crippen molar-refractivity contribution in [2.24, 2.45) is 5.41 Å². The molecule has 5 rings (SSSR count). The van der Waals surface area contributed by atoms with E-state index in [0.717, 1.165) is 22.9 Å². The summed E-state index contributed by atoms with van der Waals surface area (Å²) < 4.78 is 38.5. The van der Waals surface area contributed by atoms with Crippen LogP contribution in [-0.4, -0.2) is 45.9 Å². The van der Waals surface area contributed by atoms with E-state index in [9.17, 15) is 23.5 Å². The molecule has 2 aromatic carbocycles. The van der Waals surface area contributed by atoms with Crippen LogP contribution in [0.4, 0.5) is 13.6 Å². The zero-order chi connectivity index (χ0) is 29.7. The summed E-state index contributed by atoms with van der Waals surface area (Å²) in [4.78, 5) is 27.2. The number of piperidine rings is 1. The molecule has 1 N–H and O–H groups in total. The van der Waals surface area contributed by atoms with Gasteiger partial charge < -0.3 is 14.6 Å². The first-order chi connectivity index (χ1) is 19.3. The molecular formula is C32H36F2N2O5. The number of aromatic hydroxyl groups is 1. The summed E-state index contributed by atoms with van der Waals surface area (Å²) in [7, 11) is 1.33. The second-order valence-electron chi connectivity index (χ2n) is 12.4. The number of phenolic OH excluding ortho intramolecular Hbond substituents is 1. The van der Waals surface area contributed by atoms with Crippen LogP contribution in [0.25, 0.3) is 10.9 Å². The number of halogens is 2. The number of ether oxygens (including phenoxy) is 2. The Morgan fingerprint density at radius 3 is 2.41 bits per heavy atom. The number of hydrogen-bond donors (Lipinski definition) is 1. The number of likely N-dealkylation sites (tertiary alicyclic amines) is 1. The highest BCUT2D eigenvalue weighted by Crippen LogP contribution is 2.57. The molecule has 3 aromatic rings. The second kappa shape index (κ2) is 10.6. The Morgan fingerprint density at radius 2 is 1.80 bits per heavy atom. The fourth-order valence-corrected chi connectivity index (χ4v) is 6.37. The van der Waals surface area contributed by atoms with Crippen LogP contribution in [0.5, 0.6) is 5.75 Å². The Hall–Kier alpha value is -3.72. The van der Waals surface area contributed by atoms with Crippen molar-refractivity contribution >= 4 is 23.0 Å². The zero-order valence-electron chi connectivity index (χ0n) is 24.1. The SMILES string of the molecule is COC(=O)c1ccc([C@@H]2CC3(CCN2Cc2c(O)cc(C)c4c2ccn4C(=O)OC(C)(C)C)CC(=C(F)F)C3)cc1. The van der Waals surface area contributed by atoms with Gasteiger partial charge in [0.15, 0.2) is 0 Å². The fraction of sp³-hybridized carbons (Fsp3) is 0.438. The van der Waals surface area contributed by atoms with Crippen molar-refractivity contribution in [2.75, 3.05) is 13.7 Å². The number of allylic oxidation sites excluding steroid dienone is 1. The lowest BCUT2D eigenvalue weighted by molar-refractivity contribution is 0.0140. The minimum absolute atomic E-state index is 0.122. The van der Waals surface area contributed by atoms with Crippen LogP contribution in [0.2, 0.25) is 0 Å². The number of aromatic nitrogens is 1. The lowest BCUT2D eigenvalue weighted by Crippen LogP contribution is -2.46. The molecule has 1 aliphatic carbocycles. The average Bonchev–Trinajstić information content (AvgIpc) is 3.34. The highest BCUT2D eigenvalue weighted by Gasteiger charge is 2.48. The Balaban J connectivity index is 1.50. The molecular weight excluding hydrogens is 530 g/mol. The van der Waals surface area contributed by atoms with Crippen LogP contribution in [0.15, 0.2) is 54.2 Å². The molecule has 1 spiro atoms. The van der Waals surface area contributed by atoms with Crippen LogP contribution in [0.1, 0.15) is 79.5 Å². The van der Waals surface area contributed by atoms with Crippen molar-refractivity contribution < 1.29 is 33.0 Å². The second-order valence-corrected chi connectivity index (χ2v) is 12.4. The average molecular weight is 567 g/mol. The van der Waals surface area contributed by atoms with E-state index in [1.807, 2.05) is 45.9 Å². The lowest BCUT2D eigenvalue weighted by Gasteiger charge is -2.52. The van der Waals surface area contributed by atoms with Crippen molar-refractivity contribution in [3.63, 3.8) is 0 Å². The van der Waals surface area contributed by atoms with Crippen LogP contribution in [-0.2, 0) is 16.0 Å². The van der Waals surface area contributed by atoms with Crippen LogP contribution in [0.3, 0.4) is 0 Å². The van der Waals surface area contributed by atoms with Gasteiger partial charge in [-0.3, -0.25) is 9.47 Å². The molecule has 1 aromatic heterocycles. The van der Waals surface area contributed by atoms with E-state index < -0.39 is 23.7 Å². The Kier molecular flexibility index (Phi) is 7.44. The smallest absolute Gasteiger partial charge is 0.419 e. The molecule has 7 nitrogen and oxygen atoms in total. The Labute approximate surface area is 238 Å². The van der Waals surface area contributed by atoms with E-state index in [0.29, 0.717) is 49.0 Å². The lowest BCUT2D eigenvalue weighted by atomic mass is 9.58. The van der Waals surface area contributed by atoms with Gasteiger partial charge in [-0.1, -0.05) is 12.1 Å². The number of rotatable bonds is 4. The van der Waals surface area contributed by atoms with Gasteiger partial charge in [-0.2, -0.15) is 8.78 Å². The highest BCUT2D eigenvalue weighted by atomic mass is 19.3. The molecule has 2 heterocycles. The van der Waals surface area contributed by atoms with E-state index in [1.165, 1.54) is 11.7 Å². The standard InChI is InChI=1S/C32H36F2N2O5/c1-19-14-26(37)24(23-10-12-36(27(19)23)30(39)41-31(2,3)4)18-35-13-11-32(15-22(16-32)28(33)34)17-25(35)20-6-8-21(9-7-20)29(38)40-5/h6-10,12,14,25,37H,11,13,15-18H2,1-5H3/t25-/m0/s1. The van der Waals surface area contributed by atoms with Crippen LogP contribution < -0.4 is 0 Å². The topological polar surface area (TPSA) is 81.0 Å². The zero-order valence-corrected chi connectivity index (χ0v) is 24.1. The summed E-state index contributed by atoms with van der Waals surface area (Å²) in [5, 5.41) is 11.9. The third-order valence-corrected chi connectivity index (χ3v) is 8.36. The molecule has 218 valence electrons. The summed E-state index contributed by atoms with van der Waals surface area (Å²) in [5.74, 6) is -0.299. The van der Waals surface area contributed by atoms with Gasteiger partial charge in [-0.05, 0) is 106 Å². The maximum Gasteiger partial charge on any atom is 0.419 e. The first kappa shape index (κ1) is 28.8. The first-order valence-corrected chi connectivity index (χ1v) is 13.8. The molecule has 0 amide bonds. The van der Waals surface area contributed by atoms with Crippen molar-refractivity contribution in [3.05, 3.63) is 76.5 Å². The molecule has 2 fully saturated rings. The highest BCUT2D eigenvalue weighted by molar-refractivity contribution is 5.95. The minimum atomic E-state index is -1.57. The van der Waals surface area contributed by atoms with Crippen molar-refractivity contribution in [1.82, 2.24) is 9.47 Å². The number of nitrogens with zero attached hydrogens (tertiary/aromatic N) is 2. The number of aryl methyl sites for hydroxylation is 1. The van der Waals surface area contributed by atoms with Gasteiger partial charge >= 0.3 is 12.1 Å².